The third kappa shape index (κ3) is 1.80. The molecule has 0 bridgehead atoms. The Morgan fingerprint density at radius 3 is 1.90 bits per heavy atom. The molecule has 0 rings (SSSR count). The van der Waals surface area contributed by atoms with Crippen LogP contribution in [0.4, 0.5) is 0 Å². The first-order chi connectivity index (χ1) is 4.19. The summed E-state index contributed by atoms with van der Waals surface area (Å²) in [6, 6.07) is 0. The van der Waals surface area contributed by atoms with E-state index in [4.69, 9.17) is 26.4 Å². The van der Waals surface area contributed by atoms with E-state index in [1.165, 1.54) is 0 Å². The molecule has 0 aromatic heterocycles. The third-order valence-electron chi connectivity index (χ3n) is 0.877. The van der Waals surface area contributed by atoms with Crippen LogP contribution in [0.15, 0.2) is 0 Å². The number of hydrogen-bond acceptors (Lipinski definition) is 4. The van der Waals surface area contributed by atoms with Crippen molar-refractivity contribution in [3.8, 4) is 0 Å². The van der Waals surface area contributed by atoms with Gasteiger partial charge < -0.3 is 10.2 Å². The average Bonchev–Trinajstić information content (AvgIpc) is 1.62. The molecular weight excluding hydrogens is 184 g/mol. The molecule has 0 saturated carbocycles. The molecule has 5 nitrogen and oxygen atoms in total. The minimum atomic E-state index is -4.83. The molecule has 3 N–H and O–H groups in total. The highest BCUT2D eigenvalue weighted by molar-refractivity contribution is 7.88. The summed E-state index contributed by atoms with van der Waals surface area (Å²) in [6.07, 6.45) is -1.76. The first-order valence-electron chi connectivity index (χ1n) is 2.26. The van der Waals surface area contributed by atoms with Crippen LogP contribution in [0.3, 0.4) is 0 Å². The van der Waals surface area contributed by atoms with E-state index in [0.29, 0.717) is 0 Å². The van der Waals surface area contributed by atoms with E-state index in [1.54, 1.807) is 0 Å². The number of aliphatic hydroxyl groups is 2. The van der Waals surface area contributed by atoms with Crippen molar-refractivity contribution in [1.29, 1.82) is 0 Å². The van der Waals surface area contributed by atoms with Gasteiger partial charge in [0, 0.05) is 0 Å². The van der Waals surface area contributed by atoms with E-state index < -0.39 is 20.6 Å². The summed E-state index contributed by atoms with van der Waals surface area (Å²) in [5.74, 6) is 0. The molecule has 2 atom stereocenters. The van der Waals surface area contributed by atoms with Crippen molar-refractivity contribution < 1.29 is 23.2 Å². The summed E-state index contributed by atoms with van der Waals surface area (Å²) in [5.41, 5.74) is 0. The zero-order chi connectivity index (χ0) is 8.58. The van der Waals surface area contributed by atoms with Crippen LogP contribution in [-0.2, 0) is 10.1 Å². The van der Waals surface area contributed by atoms with Crippen molar-refractivity contribution >= 4 is 21.7 Å². The number of halogens is 1. The lowest BCUT2D eigenvalue weighted by atomic mass is 10.4. The summed E-state index contributed by atoms with van der Waals surface area (Å²) in [5, 5.41) is 17.1. The molecule has 0 aromatic rings. The molecule has 0 fully saturated rings. The van der Waals surface area contributed by atoms with Crippen LogP contribution < -0.4 is 0 Å². The molecule has 0 aliphatic carbocycles. The second-order valence-electron chi connectivity index (χ2n) is 1.76. The summed E-state index contributed by atoms with van der Waals surface area (Å²) in [6.45, 7) is 0.931. The minimum absolute atomic E-state index is 0.931. The summed E-state index contributed by atoms with van der Waals surface area (Å²) < 4.78 is 25.4. The van der Waals surface area contributed by atoms with Crippen LogP contribution in [0.2, 0.25) is 0 Å². The predicted molar refractivity (Wildman–Crippen MR) is 34.0 cm³/mol. The maximum Gasteiger partial charge on any atom is 0.312 e. The standard InChI is InChI=1S/C3H7ClO5S/c1-2(5)3(4,6)10(7,8)9/h2,5-6H,1H3,(H,7,8,9). The highest BCUT2D eigenvalue weighted by Crippen LogP contribution is 2.21. The SMILES string of the molecule is CC(O)C(O)(Cl)S(=O)(=O)O. The highest BCUT2D eigenvalue weighted by atomic mass is 35.5. The molecule has 0 radical (unpaired) electrons. The summed E-state index contributed by atoms with van der Waals surface area (Å²) in [7, 11) is -4.83. The number of alkyl halides is 1. The molecule has 2 unspecified atom stereocenters. The summed E-state index contributed by atoms with van der Waals surface area (Å²) in [4.78, 5) is 0. The van der Waals surface area contributed by atoms with Crippen LogP contribution in [-0.4, -0.2) is 33.7 Å². The molecule has 0 aliphatic rings. The quantitative estimate of drug-likeness (QED) is 0.389. The Hall–Kier alpha value is 0.120. The van der Waals surface area contributed by atoms with E-state index in [-0.39, 0.29) is 0 Å². The van der Waals surface area contributed by atoms with Gasteiger partial charge in [0.15, 0.2) is 0 Å². The lowest BCUT2D eigenvalue weighted by Crippen LogP contribution is -2.42. The van der Waals surface area contributed by atoms with Gasteiger partial charge in [-0.05, 0) is 6.92 Å². The topological polar surface area (TPSA) is 94.8 Å². The largest absolute Gasteiger partial charge is 0.388 e. The normalized spacial score (nSPS) is 21.7. The second-order valence-corrected chi connectivity index (χ2v) is 4.13. The Bertz CT molecular complexity index is 205. The van der Waals surface area contributed by atoms with Crippen molar-refractivity contribution in [2.45, 2.75) is 17.4 Å². The third-order valence-corrected chi connectivity index (χ3v) is 2.84. The van der Waals surface area contributed by atoms with Gasteiger partial charge in [-0.3, -0.25) is 4.55 Å². The van der Waals surface area contributed by atoms with E-state index >= 15 is 0 Å². The molecule has 62 valence electrons. The maximum absolute atomic E-state index is 10.1. The van der Waals surface area contributed by atoms with Crippen LogP contribution >= 0.6 is 11.6 Å². The fraction of sp³-hybridized carbons (Fsp3) is 1.00. The van der Waals surface area contributed by atoms with Gasteiger partial charge in [-0.15, -0.1) is 0 Å². The van der Waals surface area contributed by atoms with Gasteiger partial charge in [0.05, 0.1) is 0 Å². The summed E-state index contributed by atoms with van der Waals surface area (Å²) >= 11 is 4.81. The first kappa shape index (κ1) is 10.1. The molecular formula is C3H7ClO5S. The molecule has 0 aromatic carbocycles. The van der Waals surface area contributed by atoms with Crippen molar-refractivity contribution in [2.75, 3.05) is 0 Å². The highest BCUT2D eigenvalue weighted by Gasteiger charge is 2.43. The van der Waals surface area contributed by atoms with E-state index in [9.17, 15) is 8.42 Å². The Balaban J connectivity index is 4.76. The number of aliphatic hydroxyl groups excluding tert-OH is 1. The molecule has 0 saturated heterocycles. The van der Waals surface area contributed by atoms with Crippen LogP contribution in [0.25, 0.3) is 0 Å². The minimum Gasteiger partial charge on any atom is -0.388 e. The van der Waals surface area contributed by atoms with E-state index in [2.05, 4.69) is 0 Å². The Kier molecular flexibility index (Phi) is 2.66. The molecule has 7 heteroatoms. The fourth-order valence-corrected chi connectivity index (χ4v) is 0.647. The van der Waals surface area contributed by atoms with Gasteiger partial charge in [-0.2, -0.15) is 8.42 Å². The van der Waals surface area contributed by atoms with Gasteiger partial charge in [0.2, 0.25) is 0 Å². The fourth-order valence-electron chi connectivity index (χ4n) is 0.216. The lowest BCUT2D eigenvalue weighted by Gasteiger charge is -2.19. The average molecular weight is 191 g/mol. The van der Waals surface area contributed by atoms with E-state index in [0.717, 1.165) is 6.92 Å². The predicted octanol–water partition coefficient (Wildman–Crippen LogP) is -0.860. The van der Waals surface area contributed by atoms with Gasteiger partial charge >= 0.3 is 10.1 Å². The van der Waals surface area contributed by atoms with Gasteiger partial charge in [0.25, 0.3) is 4.39 Å². The van der Waals surface area contributed by atoms with Gasteiger partial charge in [-0.25, -0.2) is 0 Å². The zero-order valence-corrected chi connectivity index (χ0v) is 6.59. The van der Waals surface area contributed by atoms with Crippen molar-refractivity contribution in [3.05, 3.63) is 0 Å². The Morgan fingerprint density at radius 1 is 1.60 bits per heavy atom. The Labute approximate surface area is 63.0 Å². The van der Waals surface area contributed by atoms with Crippen LogP contribution in [0.5, 0.6) is 0 Å². The van der Waals surface area contributed by atoms with E-state index in [1.807, 2.05) is 0 Å². The first-order valence-corrected chi connectivity index (χ1v) is 4.07. The zero-order valence-electron chi connectivity index (χ0n) is 5.02. The Morgan fingerprint density at radius 2 is 1.90 bits per heavy atom. The molecule has 10 heavy (non-hydrogen) atoms. The monoisotopic (exact) mass is 190 g/mol. The second kappa shape index (κ2) is 2.63. The van der Waals surface area contributed by atoms with Gasteiger partial charge in [-0.1, -0.05) is 11.6 Å². The molecule has 0 heterocycles. The number of rotatable bonds is 2. The lowest BCUT2D eigenvalue weighted by molar-refractivity contribution is 0.0475. The smallest absolute Gasteiger partial charge is 0.312 e. The van der Waals surface area contributed by atoms with Gasteiger partial charge in [0.1, 0.15) is 6.10 Å². The van der Waals surface area contributed by atoms with Crippen molar-refractivity contribution in [2.24, 2.45) is 0 Å². The van der Waals surface area contributed by atoms with Crippen molar-refractivity contribution in [1.82, 2.24) is 0 Å². The molecule has 0 amide bonds. The molecule has 0 aliphatic heterocycles. The van der Waals surface area contributed by atoms with Crippen LogP contribution in [0.1, 0.15) is 6.92 Å². The van der Waals surface area contributed by atoms with Crippen LogP contribution in [0, 0.1) is 0 Å². The van der Waals surface area contributed by atoms with Crippen molar-refractivity contribution in [3.63, 3.8) is 0 Å². The number of hydrogen-bond donors (Lipinski definition) is 3. The molecule has 0 spiro atoms. The maximum atomic E-state index is 10.1.